The first-order valence-electron chi connectivity index (χ1n) is 10.5. The van der Waals surface area contributed by atoms with E-state index < -0.39 is 0 Å². The van der Waals surface area contributed by atoms with Crippen molar-refractivity contribution in [3.8, 4) is 11.1 Å². The number of amides is 1. The van der Waals surface area contributed by atoms with Crippen LogP contribution in [0.15, 0.2) is 58.2 Å². The summed E-state index contributed by atoms with van der Waals surface area (Å²) in [6.07, 6.45) is 0.502. The molecule has 2 aromatic carbocycles. The smallest absolute Gasteiger partial charge is 0.254 e. The van der Waals surface area contributed by atoms with Gasteiger partial charge in [-0.2, -0.15) is 4.98 Å². The Labute approximate surface area is 187 Å². The van der Waals surface area contributed by atoms with E-state index in [1.54, 1.807) is 4.90 Å². The van der Waals surface area contributed by atoms with Gasteiger partial charge in [-0.25, -0.2) is 0 Å². The SMILES string of the molecule is CON=C1C[C@@H](c2noc(CN(C)C)n2)N(C(=O)c2ccc(-c3ccccc3C)cc2)C1. The van der Waals surface area contributed by atoms with Gasteiger partial charge in [-0.1, -0.05) is 46.7 Å². The van der Waals surface area contributed by atoms with E-state index in [1.165, 1.54) is 12.7 Å². The van der Waals surface area contributed by atoms with E-state index in [1.807, 2.05) is 55.4 Å². The third kappa shape index (κ3) is 4.55. The molecule has 0 radical (unpaired) electrons. The van der Waals surface area contributed by atoms with Crippen LogP contribution in [0.2, 0.25) is 0 Å². The van der Waals surface area contributed by atoms with Crippen LogP contribution in [0, 0.1) is 6.92 Å². The predicted octanol–water partition coefficient (Wildman–Crippen LogP) is 3.70. The summed E-state index contributed by atoms with van der Waals surface area (Å²) < 4.78 is 5.38. The Morgan fingerprint density at radius 1 is 1.22 bits per heavy atom. The monoisotopic (exact) mass is 433 g/mol. The predicted molar refractivity (Wildman–Crippen MR) is 121 cm³/mol. The fourth-order valence-electron chi connectivity index (χ4n) is 3.94. The third-order valence-corrected chi connectivity index (χ3v) is 5.46. The molecule has 1 atom stereocenters. The minimum Gasteiger partial charge on any atom is -0.399 e. The molecule has 166 valence electrons. The maximum atomic E-state index is 13.4. The average Bonchev–Trinajstić information content (AvgIpc) is 3.40. The second-order valence-electron chi connectivity index (χ2n) is 8.17. The van der Waals surface area contributed by atoms with Crippen LogP contribution >= 0.6 is 0 Å². The molecule has 0 aliphatic carbocycles. The molecule has 0 spiro atoms. The highest BCUT2D eigenvalue weighted by Crippen LogP contribution is 2.31. The van der Waals surface area contributed by atoms with Crippen molar-refractivity contribution >= 4 is 11.6 Å². The third-order valence-electron chi connectivity index (χ3n) is 5.46. The molecule has 2 heterocycles. The largest absolute Gasteiger partial charge is 0.399 e. The summed E-state index contributed by atoms with van der Waals surface area (Å²) in [7, 11) is 5.36. The number of hydrogen-bond donors (Lipinski definition) is 0. The van der Waals surface area contributed by atoms with E-state index in [0.29, 0.717) is 36.8 Å². The maximum absolute atomic E-state index is 13.4. The number of carbonyl (C=O) groups excluding carboxylic acids is 1. The molecule has 1 amide bonds. The number of benzene rings is 2. The first-order chi connectivity index (χ1) is 15.5. The number of rotatable bonds is 6. The molecule has 32 heavy (non-hydrogen) atoms. The van der Waals surface area contributed by atoms with Gasteiger partial charge in [-0.15, -0.1) is 0 Å². The first-order valence-corrected chi connectivity index (χ1v) is 10.5. The van der Waals surface area contributed by atoms with Gasteiger partial charge in [0, 0.05) is 12.0 Å². The van der Waals surface area contributed by atoms with Gasteiger partial charge in [0.1, 0.15) is 13.2 Å². The molecule has 0 bridgehead atoms. The van der Waals surface area contributed by atoms with Crippen LogP contribution in [0.5, 0.6) is 0 Å². The van der Waals surface area contributed by atoms with Crippen LogP contribution in [-0.4, -0.2) is 59.3 Å². The summed E-state index contributed by atoms with van der Waals surface area (Å²) >= 11 is 0. The van der Waals surface area contributed by atoms with Crippen molar-refractivity contribution in [3.05, 3.63) is 71.4 Å². The van der Waals surface area contributed by atoms with Crippen molar-refractivity contribution in [1.29, 1.82) is 0 Å². The minimum atomic E-state index is -0.355. The Morgan fingerprint density at radius 3 is 2.66 bits per heavy atom. The summed E-state index contributed by atoms with van der Waals surface area (Å²) in [5.41, 5.74) is 4.78. The molecular weight excluding hydrogens is 406 g/mol. The highest BCUT2D eigenvalue weighted by molar-refractivity contribution is 6.00. The lowest BCUT2D eigenvalue weighted by Gasteiger charge is -2.21. The van der Waals surface area contributed by atoms with Crippen molar-refractivity contribution in [1.82, 2.24) is 19.9 Å². The van der Waals surface area contributed by atoms with E-state index in [9.17, 15) is 4.79 Å². The zero-order chi connectivity index (χ0) is 22.7. The number of carbonyl (C=O) groups is 1. The molecule has 1 aromatic heterocycles. The average molecular weight is 434 g/mol. The normalized spacial score (nSPS) is 17.3. The van der Waals surface area contributed by atoms with Gasteiger partial charge in [-0.05, 0) is 49.8 Å². The van der Waals surface area contributed by atoms with Gasteiger partial charge in [-0.3, -0.25) is 4.79 Å². The van der Waals surface area contributed by atoms with E-state index in [2.05, 4.69) is 34.4 Å². The van der Waals surface area contributed by atoms with Gasteiger partial charge in [0.05, 0.1) is 18.8 Å². The minimum absolute atomic E-state index is 0.105. The van der Waals surface area contributed by atoms with Gasteiger partial charge in [0.25, 0.3) is 5.91 Å². The maximum Gasteiger partial charge on any atom is 0.254 e. The second-order valence-corrected chi connectivity index (χ2v) is 8.17. The van der Waals surface area contributed by atoms with Crippen LogP contribution in [0.3, 0.4) is 0 Å². The van der Waals surface area contributed by atoms with E-state index in [4.69, 9.17) is 9.36 Å². The van der Waals surface area contributed by atoms with Crippen LogP contribution in [-0.2, 0) is 11.4 Å². The Hall–Kier alpha value is -3.52. The number of aromatic nitrogens is 2. The first kappa shape index (κ1) is 21.7. The molecule has 1 aliphatic rings. The van der Waals surface area contributed by atoms with Gasteiger partial charge < -0.3 is 19.2 Å². The fraction of sp³-hybridized carbons (Fsp3) is 0.333. The lowest BCUT2D eigenvalue weighted by Crippen LogP contribution is -2.31. The van der Waals surface area contributed by atoms with Crippen molar-refractivity contribution in [2.75, 3.05) is 27.7 Å². The van der Waals surface area contributed by atoms with Crippen molar-refractivity contribution in [2.45, 2.75) is 25.9 Å². The topological polar surface area (TPSA) is 84.1 Å². The Bertz CT molecular complexity index is 1120. The molecule has 1 saturated heterocycles. The second kappa shape index (κ2) is 9.32. The van der Waals surface area contributed by atoms with Crippen molar-refractivity contribution in [2.24, 2.45) is 5.16 Å². The summed E-state index contributed by atoms with van der Waals surface area (Å²) in [5, 5.41) is 8.21. The Balaban J connectivity index is 1.59. The van der Waals surface area contributed by atoms with Gasteiger partial charge in [0.15, 0.2) is 5.82 Å². The highest BCUT2D eigenvalue weighted by Gasteiger charge is 2.38. The number of nitrogens with zero attached hydrogens (tertiary/aromatic N) is 5. The molecular formula is C24H27N5O3. The van der Waals surface area contributed by atoms with E-state index in [0.717, 1.165) is 16.8 Å². The Morgan fingerprint density at radius 2 is 1.97 bits per heavy atom. The van der Waals surface area contributed by atoms with E-state index in [-0.39, 0.29) is 11.9 Å². The van der Waals surface area contributed by atoms with E-state index >= 15 is 0 Å². The van der Waals surface area contributed by atoms with Crippen molar-refractivity contribution < 1.29 is 14.2 Å². The van der Waals surface area contributed by atoms with Gasteiger partial charge >= 0.3 is 0 Å². The molecule has 8 heteroatoms. The van der Waals surface area contributed by atoms with Crippen LogP contribution in [0.25, 0.3) is 11.1 Å². The van der Waals surface area contributed by atoms with Crippen molar-refractivity contribution in [3.63, 3.8) is 0 Å². The summed E-state index contributed by atoms with van der Waals surface area (Å²) in [6, 6.07) is 15.5. The summed E-state index contributed by atoms with van der Waals surface area (Å²) in [5.74, 6) is 0.886. The standard InChI is InChI=1S/C24H27N5O3/c1-16-7-5-6-8-20(16)17-9-11-18(12-10-17)24(30)29-14-19(26-31-4)13-21(29)23-25-22(32-27-23)15-28(2)3/h5-12,21H,13-15H2,1-4H3/t21-/m0/s1. The molecule has 1 fully saturated rings. The van der Waals surface area contributed by atoms with Crippen LogP contribution in [0.4, 0.5) is 0 Å². The lowest BCUT2D eigenvalue weighted by molar-refractivity contribution is 0.0732. The van der Waals surface area contributed by atoms with Crippen LogP contribution < -0.4 is 0 Å². The fourth-order valence-corrected chi connectivity index (χ4v) is 3.94. The number of oxime groups is 1. The van der Waals surface area contributed by atoms with Gasteiger partial charge in [0.2, 0.25) is 5.89 Å². The summed E-state index contributed by atoms with van der Waals surface area (Å²) in [4.78, 5) is 26.6. The molecule has 0 N–H and O–H groups in total. The Kier molecular flexibility index (Phi) is 6.32. The molecule has 4 rings (SSSR count). The zero-order valence-electron chi connectivity index (χ0n) is 18.8. The van der Waals surface area contributed by atoms with Crippen LogP contribution in [0.1, 0.15) is 40.1 Å². The molecule has 0 unspecified atom stereocenters. The number of aryl methyl sites for hydroxylation is 1. The lowest BCUT2D eigenvalue weighted by atomic mass is 9.99. The zero-order valence-corrected chi connectivity index (χ0v) is 18.8. The number of hydrogen-bond acceptors (Lipinski definition) is 7. The highest BCUT2D eigenvalue weighted by atomic mass is 16.6. The molecule has 3 aromatic rings. The number of likely N-dealkylation sites (tertiary alicyclic amines) is 1. The molecule has 1 aliphatic heterocycles. The molecule has 8 nitrogen and oxygen atoms in total. The quantitative estimate of drug-likeness (QED) is 0.551. The summed E-state index contributed by atoms with van der Waals surface area (Å²) in [6.45, 7) is 2.97. The molecule has 0 saturated carbocycles.